The molecule has 1 aliphatic rings. The van der Waals surface area contributed by atoms with Gasteiger partial charge in [-0.25, -0.2) is 9.97 Å². The molecule has 136 valence electrons. The molecule has 27 heavy (non-hydrogen) atoms. The lowest BCUT2D eigenvalue weighted by molar-refractivity contribution is 0.485. The molecule has 4 aromatic rings. The highest BCUT2D eigenvalue weighted by atomic mass is 15.3. The summed E-state index contributed by atoms with van der Waals surface area (Å²) < 4.78 is 5.85. The molecule has 0 N–H and O–H groups in total. The van der Waals surface area contributed by atoms with Gasteiger partial charge in [-0.3, -0.25) is 13.8 Å². The molecule has 1 fully saturated rings. The Bertz CT molecular complexity index is 1130. The molecule has 0 aromatic carbocycles. The lowest BCUT2D eigenvalue weighted by Crippen LogP contribution is -2.08. The van der Waals surface area contributed by atoms with Gasteiger partial charge < -0.3 is 0 Å². The summed E-state index contributed by atoms with van der Waals surface area (Å²) in [5.41, 5.74) is 3.68. The normalized spacial score (nSPS) is 15.8. The predicted octanol–water partition coefficient (Wildman–Crippen LogP) is 3.52. The van der Waals surface area contributed by atoms with Crippen LogP contribution < -0.4 is 0 Å². The van der Waals surface area contributed by atoms with Crippen LogP contribution >= 0.6 is 0 Å². The van der Waals surface area contributed by atoms with Gasteiger partial charge in [0, 0.05) is 43.5 Å². The molecular formula is C20H21N7. The number of fused-ring (bicyclic) bond motifs is 1. The minimum atomic E-state index is 0.323. The van der Waals surface area contributed by atoms with Crippen molar-refractivity contribution < 1.29 is 0 Å². The Hall–Kier alpha value is -3.22. The third-order valence-corrected chi connectivity index (χ3v) is 5.05. The number of allylic oxidation sites excluding steroid dienone is 2. The van der Waals surface area contributed by atoms with Gasteiger partial charge in [0.1, 0.15) is 11.5 Å². The second kappa shape index (κ2) is 6.19. The van der Waals surface area contributed by atoms with Crippen LogP contribution in [0, 0.1) is 5.92 Å². The van der Waals surface area contributed by atoms with E-state index in [0.717, 1.165) is 28.3 Å². The van der Waals surface area contributed by atoms with Crippen LogP contribution in [0.15, 0.2) is 55.4 Å². The fourth-order valence-electron chi connectivity index (χ4n) is 3.54. The number of aryl methyl sites for hydroxylation is 1. The van der Waals surface area contributed by atoms with Crippen LogP contribution in [0.2, 0.25) is 0 Å². The van der Waals surface area contributed by atoms with E-state index in [9.17, 15) is 0 Å². The highest BCUT2D eigenvalue weighted by Gasteiger charge is 2.31. The standard InChI is InChI=1S/C20H21N7/c1-3-4-18(14-5-6-14)27-13-16(11-23-27)20-24-17(15-10-22-25(2)12-15)9-19-21-7-8-26(19)20/h3-4,7-14,18H,5-6H2,1-2H3/t18-/m1/s1. The van der Waals surface area contributed by atoms with Gasteiger partial charge in [-0.2, -0.15) is 10.2 Å². The third-order valence-electron chi connectivity index (χ3n) is 5.05. The van der Waals surface area contributed by atoms with Gasteiger partial charge in [-0.1, -0.05) is 12.2 Å². The number of rotatable bonds is 5. The van der Waals surface area contributed by atoms with Crippen molar-refractivity contribution in [2.75, 3.05) is 0 Å². The summed E-state index contributed by atoms with van der Waals surface area (Å²) in [7, 11) is 1.90. The molecule has 0 spiro atoms. The van der Waals surface area contributed by atoms with Gasteiger partial charge in [-0.15, -0.1) is 0 Å². The maximum Gasteiger partial charge on any atom is 0.149 e. The summed E-state index contributed by atoms with van der Waals surface area (Å²) in [4.78, 5) is 9.37. The van der Waals surface area contributed by atoms with E-state index < -0.39 is 0 Å². The predicted molar refractivity (Wildman–Crippen MR) is 103 cm³/mol. The smallest absolute Gasteiger partial charge is 0.149 e. The van der Waals surface area contributed by atoms with E-state index in [0.29, 0.717) is 12.0 Å². The number of nitrogens with zero attached hydrogens (tertiary/aromatic N) is 7. The van der Waals surface area contributed by atoms with Gasteiger partial charge >= 0.3 is 0 Å². The lowest BCUT2D eigenvalue weighted by Gasteiger charge is -2.12. The van der Waals surface area contributed by atoms with Crippen molar-refractivity contribution in [2.45, 2.75) is 25.8 Å². The topological polar surface area (TPSA) is 65.8 Å². The molecular weight excluding hydrogens is 338 g/mol. The molecule has 0 amide bonds. The van der Waals surface area contributed by atoms with Crippen LogP contribution in [-0.4, -0.2) is 33.9 Å². The fraction of sp³-hybridized carbons (Fsp3) is 0.300. The number of hydrogen-bond acceptors (Lipinski definition) is 4. The van der Waals surface area contributed by atoms with E-state index >= 15 is 0 Å². The minimum absolute atomic E-state index is 0.323. The molecule has 0 unspecified atom stereocenters. The van der Waals surface area contributed by atoms with Gasteiger partial charge in [0.15, 0.2) is 0 Å². The SMILES string of the molecule is CC=C[C@H](C1CC1)n1cc(-c2nc(-c3cnn(C)c3)cc3nccn23)cn1. The van der Waals surface area contributed by atoms with Crippen molar-refractivity contribution >= 4 is 5.65 Å². The van der Waals surface area contributed by atoms with Crippen molar-refractivity contribution in [2.24, 2.45) is 13.0 Å². The molecule has 7 heteroatoms. The molecule has 5 rings (SSSR count). The zero-order chi connectivity index (χ0) is 18.4. The van der Waals surface area contributed by atoms with Crippen molar-refractivity contribution in [1.82, 2.24) is 33.9 Å². The van der Waals surface area contributed by atoms with Crippen molar-refractivity contribution in [1.29, 1.82) is 0 Å². The van der Waals surface area contributed by atoms with Crippen molar-refractivity contribution in [3.8, 4) is 22.6 Å². The second-order valence-corrected chi connectivity index (χ2v) is 7.09. The minimum Gasteiger partial charge on any atom is -0.284 e. The van der Waals surface area contributed by atoms with Crippen LogP contribution in [0.3, 0.4) is 0 Å². The highest BCUT2D eigenvalue weighted by molar-refractivity contribution is 5.68. The van der Waals surface area contributed by atoms with Gasteiger partial charge in [0.2, 0.25) is 0 Å². The molecule has 1 atom stereocenters. The van der Waals surface area contributed by atoms with Crippen LogP contribution in [0.1, 0.15) is 25.8 Å². The lowest BCUT2D eigenvalue weighted by atomic mass is 10.2. The van der Waals surface area contributed by atoms with Crippen LogP contribution in [-0.2, 0) is 7.05 Å². The number of hydrogen-bond donors (Lipinski definition) is 0. The number of imidazole rings is 1. The highest BCUT2D eigenvalue weighted by Crippen LogP contribution is 2.40. The van der Waals surface area contributed by atoms with Gasteiger partial charge in [-0.05, 0) is 25.7 Å². The van der Waals surface area contributed by atoms with E-state index in [-0.39, 0.29) is 0 Å². The van der Waals surface area contributed by atoms with Crippen LogP contribution in [0.25, 0.3) is 28.3 Å². The summed E-state index contributed by atoms with van der Waals surface area (Å²) in [6.07, 6.45) is 18.4. The monoisotopic (exact) mass is 359 g/mol. The molecule has 7 nitrogen and oxygen atoms in total. The zero-order valence-corrected chi connectivity index (χ0v) is 15.4. The molecule has 1 aliphatic carbocycles. The zero-order valence-electron chi connectivity index (χ0n) is 15.4. The maximum absolute atomic E-state index is 4.90. The Morgan fingerprint density at radius 3 is 2.74 bits per heavy atom. The first-order valence-electron chi connectivity index (χ1n) is 9.23. The quantitative estimate of drug-likeness (QED) is 0.511. The Morgan fingerprint density at radius 1 is 1.15 bits per heavy atom. The van der Waals surface area contributed by atoms with Crippen LogP contribution in [0.4, 0.5) is 0 Å². The van der Waals surface area contributed by atoms with Gasteiger partial charge in [0.25, 0.3) is 0 Å². The fourth-order valence-corrected chi connectivity index (χ4v) is 3.54. The first-order valence-corrected chi connectivity index (χ1v) is 9.23. The van der Waals surface area contributed by atoms with E-state index in [2.05, 4.69) is 45.1 Å². The molecule has 0 bridgehead atoms. The van der Waals surface area contributed by atoms with Crippen molar-refractivity contribution in [3.05, 3.63) is 55.4 Å². The molecule has 0 saturated heterocycles. The summed E-state index contributed by atoms with van der Waals surface area (Å²) in [6.45, 7) is 2.06. The molecule has 0 radical (unpaired) electrons. The molecule has 4 aromatic heterocycles. The molecule has 4 heterocycles. The maximum atomic E-state index is 4.90. The summed E-state index contributed by atoms with van der Waals surface area (Å²) >= 11 is 0. The third kappa shape index (κ3) is 2.85. The Kier molecular flexibility index (Phi) is 3.67. The van der Waals surface area contributed by atoms with E-state index in [1.807, 2.05) is 42.3 Å². The first-order chi connectivity index (χ1) is 13.2. The largest absolute Gasteiger partial charge is 0.284 e. The average Bonchev–Trinajstić information content (AvgIpc) is 3.07. The van der Waals surface area contributed by atoms with Crippen molar-refractivity contribution in [3.63, 3.8) is 0 Å². The molecule has 1 saturated carbocycles. The van der Waals surface area contributed by atoms with Crippen LogP contribution in [0.5, 0.6) is 0 Å². The summed E-state index contributed by atoms with van der Waals surface area (Å²) in [6, 6.07) is 2.31. The summed E-state index contributed by atoms with van der Waals surface area (Å²) in [5.74, 6) is 1.53. The van der Waals surface area contributed by atoms with Gasteiger partial charge in [0.05, 0.1) is 29.7 Å². The summed E-state index contributed by atoms with van der Waals surface area (Å²) in [5, 5.41) is 8.91. The van der Waals surface area contributed by atoms with E-state index in [4.69, 9.17) is 4.98 Å². The Labute approximate surface area is 157 Å². The Balaban J connectivity index is 1.61. The molecule has 0 aliphatic heterocycles. The first kappa shape index (κ1) is 16.0. The second-order valence-electron chi connectivity index (χ2n) is 7.09. The Morgan fingerprint density at radius 2 is 2.00 bits per heavy atom. The average molecular weight is 359 g/mol. The number of aromatic nitrogens is 7. The van der Waals surface area contributed by atoms with E-state index in [1.54, 1.807) is 10.9 Å². The van der Waals surface area contributed by atoms with E-state index in [1.165, 1.54) is 12.8 Å².